The first-order chi connectivity index (χ1) is 21.2. The van der Waals surface area contributed by atoms with E-state index in [2.05, 4.69) is 184 Å². The number of fused-ring (bicyclic) bond motifs is 6. The lowest BCUT2D eigenvalue weighted by atomic mass is 9.99. The van der Waals surface area contributed by atoms with Gasteiger partial charge in [-0.1, -0.05) is 113 Å². The second kappa shape index (κ2) is 10.6. The minimum Gasteiger partial charge on any atom is -0.355 e. The van der Waals surface area contributed by atoms with Crippen molar-refractivity contribution in [3.63, 3.8) is 0 Å². The third-order valence-corrected chi connectivity index (χ3v) is 8.77. The minimum absolute atomic E-state index is 1.04. The Morgan fingerprint density at radius 3 is 1.51 bits per heavy atom. The minimum atomic E-state index is 1.04. The highest BCUT2D eigenvalue weighted by Crippen LogP contribution is 2.42. The zero-order chi connectivity index (χ0) is 28.8. The molecule has 0 aliphatic heterocycles. The molecule has 0 spiro atoms. The number of anilines is 5. The van der Waals surface area contributed by atoms with E-state index in [1.807, 2.05) is 0 Å². The molecule has 0 amide bonds. The monoisotopic (exact) mass is 614 g/mol. The molecule has 0 aromatic heterocycles. The smallest absolute Gasteiger partial charge is 0.0546 e. The SMILES string of the molecule is Brc1ccc(N(c2ccc(Nc3cc4ccccc4c4ccccc34)cc2)c2cc3ccccc3c3ccccc23)cc1. The molecule has 0 saturated heterocycles. The molecule has 0 heterocycles. The van der Waals surface area contributed by atoms with Crippen molar-refractivity contribution in [3.8, 4) is 0 Å². The molecule has 0 radical (unpaired) electrons. The van der Waals surface area contributed by atoms with Crippen LogP contribution in [0.5, 0.6) is 0 Å². The Morgan fingerprint density at radius 2 is 0.884 bits per heavy atom. The highest BCUT2D eigenvalue weighted by Gasteiger charge is 2.17. The van der Waals surface area contributed by atoms with Gasteiger partial charge in [-0.2, -0.15) is 0 Å². The lowest BCUT2D eigenvalue weighted by molar-refractivity contribution is 1.30. The van der Waals surface area contributed by atoms with Gasteiger partial charge in [0.15, 0.2) is 0 Å². The van der Waals surface area contributed by atoms with Crippen LogP contribution >= 0.6 is 15.9 Å². The van der Waals surface area contributed by atoms with Crippen LogP contribution in [0.2, 0.25) is 0 Å². The van der Waals surface area contributed by atoms with E-state index in [1.165, 1.54) is 43.1 Å². The van der Waals surface area contributed by atoms with Crippen LogP contribution in [-0.2, 0) is 0 Å². The van der Waals surface area contributed by atoms with E-state index >= 15 is 0 Å². The maximum atomic E-state index is 3.72. The third-order valence-electron chi connectivity index (χ3n) is 8.24. The van der Waals surface area contributed by atoms with Gasteiger partial charge >= 0.3 is 0 Å². The van der Waals surface area contributed by atoms with Crippen LogP contribution in [0.3, 0.4) is 0 Å². The van der Waals surface area contributed by atoms with Crippen molar-refractivity contribution in [2.75, 3.05) is 10.2 Å². The van der Waals surface area contributed by atoms with Crippen molar-refractivity contribution < 1.29 is 0 Å². The fourth-order valence-electron chi connectivity index (χ4n) is 6.24. The molecule has 0 aliphatic carbocycles. The van der Waals surface area contributed by atoms with Crippen LogP contribution in [0.25, 0.3) is 43.1 Å². The van der Waals surface area contributed by atoms with Crippen molar-refractivity contribution in [1.82, 2.24) is 0 Å². The number of rotatable bonds is 5. The zero-order valence-corrected chi connectivity index (χ0v) is 24.9. The van der Waals surface area contributed by atoms with E-state index in [0.29, 0.717) is 0 Å². The summed E-state index contributed by atoms with van der Waals surface area (Å²) in [4.78, 5) is 2.36. The van der Waals surface area contributed by atoms with Crippen molar-refractivity contribution in [2.24, 2.45) is 0 Å². The van der Waals surface area contributed by atoms with Crippen LogP contribution in [-0.4, -0.2) is 0 Å². The highest BCUT2D eigenvalue weighted by atomic mass is 79.9. The second-order valence-electron chi connectivity index (χ2n) is 10.8. The molecule has 0 fully saturated rings. The van der Waals surface area contributed by atoms with Gasteiger partial charge in [0, 0.05) is 38.0 Å². The van der Waals surface area contributed by atoms with Gasteiger partial charge < -0.3 is 10.2 Å². The Kier molecular flexibility index (Phi) is 6.31. The van der Waals surface area contributed by atoms with Crippen LogP contribution in [0.1, 0.15) is 0 Å². The van der Waals surface area contributed by atoms with Crippen molar-refractivity contribution >= 4 is 87.5 Å². The summed E-state index contributed by atoms with van der Waals surface area (Å²) < 4.78 is 1.06. The van der Waals surface area contributed by atoms with E-state index < -0.39 is 0 Å². The van der Waals surface area contributed by atoms with Gasteiger partial charge in [0.2, 0.25) is 0 Å². The lowest BCUT2D eigenvalue weighted by Crippen LogP contribution is -2.10. The molecule has 43 heavy (non-hydrogen) atoms. The molecule has 3 heteroatoms. The van der Waals surface area contributed by atoms with Crippen molar-refractivity contribution in [3.05, 3.63) is 162 Å². The molecule has 0 unspecified atom stereocenters. The van der Waals surface area contributed by atoms with Gasteiger partial charge in [-0.3, -0.25) is 0 Å². The standard InChI is InChI=1S/C40H27BrN2/c41-29-17-21-31(22-18-29)43(40-26-28-10-2-4-12-34(28)36-14-6-8-16-38(36)40)32-23-19-30(20-24-32)42-39-25-27-9-1-3-11-33(27)35-13-5-7-15-37(35)39/h1-26,42H. The van der Waals surface area contributed by atoms with Gasteiger partial charge in [-0.15, -0.1) is 0 Å². The summed E-state index contributed by atoms with van der Waals surface area (Å²) in [6.45, 7) is 0. The Morgan fingerprint density at radius 1 is 0.419 bits per heavy atom. The summed E-state index contributed by atoms with van der Waals surface area (Å²) >= 11 is 3.63. The maximum absolute atomic E-state index is 3.72. The lowest BCUT2D eigenvalue weighted by Gasteiger charge is -2.28. The number of hydrogen-bond acceptors (Lipinski definition) is 2. The highest BCUT2D eigenvalue weighted by molar-refractivity contribution is 9.10. The summed E-state index contributed by atoms with van der Waals surface area (Å²) in [6.07, 6.45) is 0. The summed E-state index contributed by atoms with van der Waals surface area (Å²) in [5.74, 6) is 0. The van der Waals surface area contributed by atoms with Gasteiger partial charge in [-0.05, 0) is 93.0 Å². The first-order valence-corrected chi connectivity index (χ1v) is 15.3. The molecule has 8 rings (SSSR count). The Balaban J connectivity index is 1.25. The van der Waals surface area contributed by atoms with E-state index in [4.69, 9.17) is 0 Å². The van der Waals surface area contributed by atoms with Crippen molar-refractivity contribution in [2.45, 2.75) is 0 Å². The van der Waals surface area contributed by atoms with Gasteiger partial charge in [0.05, 0.1) is 5.69 Å². The molecule has 8 aromatic rings. The summed E-state index contributed by atoms with van der Waals surface area (Å²) in [5, 5.41) is 13.6. The summed E-state index contributed by atoms with van der Waals surface area (Å²) in [6, 6.07) is 56.4. The predicted octanol–water partition coefficient (Wildman–Crippen LogP) is 12.3. The first kappa shape index (κ1) is 25.6. The van der Waals surface area contributed by atoms with E-state index in [-0.39, 0.29) is 0 Å². The molecular weight excluding hydrogens is 588 g/mol. The number of halogens is 1. The third kappa shape index (κ3) is 4.59. The van der Waals surface area contributed by atoms with Gasteiger partial charge in [-0.25, -0.2) is 0 Å². The summed E-state index contributed by atoms with van der Waals surface area (Å²) in [5.41, 5.74) is 5.50. The number of benzene rings is 8. The van der Waals surface area contributed by atoms with E-state index in [0.717, 1.165) is 32.9 Å². The van der Waals surface area contributed by atoms with E-state index in [1.54, 1.807) is 0 Å². The largest absolute Gasteiger partial charge is 0.355 e. The average Bonchev–Trinajstić information content (AvgIpc) is 3.07. The normalized spacial score (nSPS) is 11.4. The molecule has 0 bridgehead atoms. The Hall–Kier alpha value is -5.12. The fraction of sp³-hybridized carbons (Fsp3) is 0. The molecule has 0 atom stereocenters. The molecular formula is C40H27BrN2. The molecule has 8 aromatic carbocycles. The topological polar surface area (TPSA) is 15.3 Å². The molecule has 0 aliphatic rings. The van der Waals surface area contributed by atoms with Crippen LogP contribution < -0.4 is 10.2 Å². The van der Waals surface area contributed by atoms with Gasteiger partial charge in [0.1, 0.15) is 0 Å². The quantitative estimate of drug-likeness (QED) is 0.194. The van der Waals surface area contributed by atoms with Crippen molar-refractivity contribution in [1.29, 1.82) is 0 Å². The Labute approximate surface area is 259 Å². The first-order valence-electron chi connectivity index (χ1n) is 14.5. The number of nitrogens with one attached hydrogen (secondary N) is 1. The number of hydrogen-bond donors (Lipinski definition) is 1. The molecule has 1 N–H and O–H groups in total. The summed E-state index contributed by atoms with van der Waals surface area (Å²) in [7, 11) is 0. The average molecular weight is 616 g/mol. The van der Waals surface area contributed by atoms with E-state index in [9.17, 15) is 0 Å². The number of nitrogens with zero attached hydrogens (tertiary/aromatic N) is 1. The second-order valence-corrected chi connectivity index (χ2v) is 11.8. The fourth-order valence-corrected chi connectivity index (χ4v) is 6.51. The zero-order valence-electron chi connectivity index (χ0n) is 23.3. The van der Waals surface area contributed by atoms with Crippen LogP contribution in [0.15, 0.2) is 162 Å². The molecule has 2 nitrogen and oxygen atoms in total. The maximum Gasteiger partial charge on any atom is 0.0546 e. The molecule has 0 saturated carbocycles. The van der Waals surface area contributed by atoms with Gasteiger partial charge in [0.25, 0.3) is 0 Å². The van der Waals surface area contributed by atoms with Crippen LogP contribution in [0, 0.1) is 0 Å². The predicted molar refractivity (Wildman–Crippen MR) is 189 cm³/mol. The Bertz CT molecular complexity index is 2270. The van der Waals surface area contributed by atoms with Crippen LogP contribution in [0.4, 0.5) is 28.4 Å². The molecule has 204 valence electrons.